The van der Waals surface area contributed by atoms with Gasteiger partial charge in [0.25, 0.3) is 0 Å². The molecule has 0 aromatic carbocycles. The minimum atomic E-state index is -1.78. The molecule has 1 amide bonds. The minimum absolute atomic E-state index is 0.201. The molecular formula is C59H115NO13. The number of rotatable bonds is 50. The number of aliphatic hydroxyl groups excluding tert-OH is 8. The highest BCUT2D eigenvalue weighted by molar-refractivity contribution is 5.76. The molecule has 2 rings (SSSR count). The smallest absolute Gasteiger partial charge is 0.220 e. The van der Waals surface area contributed by atoms with Gasteiger partial charge >= 0.3 is 0 Å². The predicted molar refractivity (Wildman–Crippen MR) is 291 cm³/mol. The third kappa shape index (κ3) is 31.9. The summed E-state index contributed by atoms with van der Waals surface area (Å²) in [5.74, 6) is -0.201. The quantitative estimate of drug-likeness (QED) is 0.0259. The second-order valence-electron chi connectivity index (χ2n) is 22.2. The summed E-state index contributed by atoms with van der Waals surface area (Å²) in [7, 11) is 0. The van der Waals surface area contributed by atoms with Crippen LogP contribution in [0, 0.1) is 0 Å². The minimum Gasteiger partial charge on any atom is -0.394 e. The van der Waals surface area contributed by atoms with Gasteiger partial charge in [0.05, 0.1) is 32.0 Å². The van der Waals surface area contributed by atoms with E-state index in [1.165, 1.54) is 199 Å². The molecule has 14 nitrogen and oxygen atoms in total. The Morgan fingerprint density at radius 2 is 0.781 bits per heavy atom. The molecule has 12 atom stereocenters. The van der Waals surface area contributed by atoms with Crippen LogP contribution in [0.25, 0.3) is 0 Å². The van der Waals surface area contributed by atoms with Gasteiger partial charge in [0, 0.05) is 6.42 Å². The molecule has 434 valence electrons. The van der Waals surface area contributed by atoms with Crippen LogP contribution in [0.4, 0.5) is 0 Å². The highest BCUT2D eigenvalue weighted by atomic mass is 16.7. The number of hydrogen-bond acceptors (Lipinski definition) is 13. The summed E-state index contributed by atoms with van der Waals surface area (Å²) in [6, 6.07) is -0.821. The maximum atomic E-state index is 13.2. The van der Waals surface area contributed by atoms with Crippen molar-refractivity contribution in [1.82, 2.24) is 5.32 Å². The molecule has 0 spiro atoms. The Hall–Kier alpha value is -1.01. The van der Waals surface area contributed by atoms with Crippen molar-refractivity contribution in [2.24, 2.45) is 0 Å². The van der Waals surface area contributed by atoms with E-state index in [1.54, 1.807) is 0 Å². The Morgan fingerprint density at radius 3 is 1.16 bits per heavy atom. The van der Waals surface area contributed by atoms with Gasteiger partial charge in [-0.05, 0) is 12.8 Å². The zero-order valence-corrected chi connectivity index (χ0v) is 46.7. The largest absolute Gasteiger partial charge is 0.394 e. The molecule has 73 heavy (non-hydrogen) atoms. The lowest BCUT2D eigenvalue weighted by molar-refractivity contribution is -0.359. The van der Waals surface area contributed by atoms with Gasteiger partial charge in [-0.2, -0.15) is 0 Å². The van der Waals surface area contributed by atoms with Crippen molar-refractivity contribution in [2.45, 2.75) is 351 Å². The first-order valence-corrected chi connectivity index (χ1v) is 30.8. The van der Waals surface area contributed by atoms with Crippen LogP contribution in [0.3, 0.4) is 0 Å². The van der Waals surface area contributed by atoms with E-state index in [0.717, 1.165) is 51.4 Å². The molecule has 2 aliphatic rings. The molecule has 2 heterocycles. The SMILES string of the molecule is CCCCCCCCCCCCCCCCCCCCCCCCCCCCCCC(=O)N[C@@H](CO[C@@H]1O[C@H](CO)[C@@H](O[C@@H]2O[C@H](CO)[C@H](O)C(O)C2O)C(O)C1O)[C@H](O)CCCCCCCCCCCCC. The number of carbonyl (C=O) groups excluding carboxylic acids is 1. The first-order chi connectivity index (χ1) is 35.6. The van der Waals surface area contributed by atoms with Crippen molar-refractivity contribution in [3.8, 4) is 0 Å². The Labute approximate surface area is 444 Å². The van der Waals surface area contributed by atoms with Crippen LogP contribution < -0.4 is 5.32 Å². The van der Waals surface area contributed by atoms with Crippen LogP contribution in [-0.4, -0.2) is 140 Å². The first-order valence-electron chi connectivity index (χ1n) is 30.8. The van der Waals surface area contributed by atoms with E-state index < -0.39 is 86.8 Å². The Balaban J connectivity index is 1.64. The van der Waals surface area contributed by atoms with Crippen molar-refractivity contribution in [3.63, 3.8) is 0 Å². The molecule has 0 radical (unpaired) electrons. The van der Waals surface area contributed by atoms with E-state index in [1.807, 2.05) is 0 Å². The topological polar surface area (TPSA) is 228 Å². The third-order valence-corrected chi connectivity index (χ3v) is 15.6. The molecule has 0 aliphatic carbocycles. The lowest BCUT2D eigenvalue weighted by atomic mass is 9.97. The summed E-state index contributed by atoms with van der Waals surface area (Å²) in [4.78, 5) is 13.2. The normalized spacial score (nSPS) is 25.3. The number of unbranched alkanes of at least 4 members (excludes halogenated alkanes) is 37. The molecule has 0 aromatic heterocycles. The standard InChI is InChI=1S/C59H115NO13/c1-3-5-7-9-11-13-15-16-17-18-19-20-21-22-23-24-25-26-27-28-29-30-31-33-35-37-39-41-43-51(64)60-47(48(63)42-40-38-36-34-32-14-12-10-8-6-4-2)46-70-58-56(69)54(67)57(50(45-62)72-58)73-59-55(68)53(66)52(65)49(44-61)71-59/h47-50,52-59,61-63,65-69H,3-46H2,1-2H3,(H,60,64)/t47-,48+,49+,50+,52-,53?,54?,55?,56?,57+,58+,59-/m0/s1. The zero-order valence-electron chi connectivity index (χ0n) is 46.7. The van der Waals surface area contributed by atoms with Gasteiger partial charge in [-0.15, -0.1) is 0 Å². The Bertz CT molecular complexity index is 1230. The molecule has 0 bridgehead atoms. The number of amides is 1. The highest BCUT2D eigenvalue weighted by Crippen LogP contribution is 2.30. The van der Waals surface area contributed by atoms with Crippen molar-refractivity contribution in [2.75, 3.05) is 19.8 Å². The molecule has 4 unspecified atom stereocenters. The molecule has 0 aromatic rings. The summed E-state index contributed by atoms with van der Waals surface area (Å²) < 4.78 is 22.8. The van der Waals surface area contributed by atoms with Gasteiger partial charge in [0.2, 0.25) is 5.91 Å². The number of ether oxygens (including phenoxy) is 4. The van der Waals surface area contributed by atoms with Crippen molar-refractivity contribution < 1.29 is 64.6 Å². The van der Waals surface area contributed by atoms with Crippen LogP contribution in [0.5, 0.6) is 0 Å². The van der Waals surface area contributed by atoms with Gasteiger partial charge in [-0.1, -0.05) is 258 Å². The molecule has 2 saturated heterocycles. The fourth-order valence-corrected chi connectivity index (χ4v) is 10.6. The van der Waals surface area contributed by atoms with Crippen LogP contribution in [-0.2, 0) is 23.7 Å². The van der Waals surface area contributed by atoms with Gasteiger partial charge < -0.3 is 65.1 Å². The number of nitrogens with one attached hydrogen (secondary N) is 1. The first kappa shape index (κ1) is 68.1. The lowest BCUT2D eigenvalue weighted by Gasteiger charge is -2.46. The molecule has 0 saturated carbocycles. The van der Waals surface area contributed by atoms with E-state index >= 15 is 0 Å². The van der Waals surface area contributed by atoms with Crippen LogP contribution in [0.1, 0.15) is 277 Å². The van der Waals surface area contributed by atoms with Crippen LogP contribution in [0.15, 0.2) is 0 Å². The fraction of sp³-hybridized carbons (Fsp3) is 0.983. The summed E-state index contributed by atoms with van der Waals surface area (Å²) in [6.07, 6.45) is 34.2. The van der Waals surface area contributed by atoms with Gasteiger partial charge in [0.1, 0.15) is 48.8 Å². The average Bonchev–Trinajstić information content (AvgIpc) is 3.39. The van der Waals surface area contributed by atoms with Crippen molar-refractivity contribution >= 4 is 5.91 Å². The van der Waals surface area contributed by atoms with Crippen molar-refractivity contribution in [3.05, 3.63) is 0 Å². The van der Waals surface area contributed by atoms with E-state index in [9.17, 15) is 45.6 Å². The maximum Gasteiger partial charge on any atom is 0.220 e. The molecule has 2 fully saturated rings. The number of hydrogen-bond donors (Lipinski definition) is 9. The summed E-state index contributed by atoms with van der Waals surface area (Å²) in [5, 5.41) is 87.1. The Morgan fingerprint density at radius 1 is 0.438 bits per heavy atom. The second-order valence-corrected chi connectivity index (χ2v) is 22.2. The van der Waals surface area contributed by atoms with E-state index in [2.05, 4.69) is 19.2 Å². The zero-order chi connectivity index (χ0) is 53.2. The molecular weight excluding hydrogens is 931 g/mol. The number of carbonyl (C=O) groups is 1. The molecule has 2 aliphatic heterocycles. The third-order valence-electron chi connectivity index (χ3n) is 15.6. The molecule has 14 heteroatoms. The molecule has 9 N–H and O–H groups in total. The summed E-state index contributed by atoms with van der Waals surface area (Å²) in [6.45, 7) is 2.88. The second kappa shape index (κ2) is 46.0. The Kier molecular flexibility index (Phi) is 42.9. The monoisotopic (exact) mass is 1050 g/mol. The summed E-state index contributed by atoms with van der Waals surface area (Å²) >= 11 is 0. The number of aliphatic hydroxyl groups is 8. The summed E-state index contributed by atoms with van der Waals surface area (Å²) in [5.41, 5.74) is 0. The average molecular weight is 1050 g/mol. The van der Waals surface area contributed by atoms with Gasteiger partial charge in [-0.25, -0.2) is 0 Å². The van der Waals surface area contributed by atoms with Crippen LogP contribution in [0.2, 0.25) is 0 Å². The van der Waals surface area contributed by atoms with Crippen LogP contribution >= 0.6 is 0 Å². The van der Waals surface area contributed by atoms with E-state index in [0.29, 0.717) is 12.8 Å². The van der Waals surface area contributed by atoms with Gasteiger partial charge in [0.15, 0.2) is 12.6 Å². The highest BCUT2D eigenvalue weighted by Gasteiger charge is 2.51. The predicted octanol–water partition coefficient (Wildman–Crippen LogP) is 10.5. The maximum absolute atomic E-state index is 13.2. The van der Waals surface area contributed by atoms with E-state index in [-0.39, 0.29) is 12.5 Å². The van der Waals surface area contributed by atoms with Crippen molar-refractivity contribution in [1.29, 1.82) is 0 Å². The van der Waals surface area contributed by atoms with Gasteiger partial charge in [-0.3, -0.25) is 4.79 Å². The lowest BCUT2D eigenvalue weighted by Crippen LogP contribution is -2.65. The fourth-order valence-electron chi connectivity index (χ4n) is 10.6. The van der Waals surface area contributed by atoms with E-state index in [4.69, 9.17) is 18.9 Å².